The monoisotopic (exact) mass is 226 g/mol. The fourth-order valence-electron chi connectivity index (χ4n) is 3.37. The molecule has 0 aromatic carbocycles. The summed E-state index contributed by atoms with van der Waals surface area (Å²) in [7, 11) is 0. The van der Waals surface area contributed by atoms with Crippen LogP contribution in [0.2, 0.25) is 0 Å². The molecular formula is C13H19ClO. The van der Waals surface area contributed by atoms with E-state index < -0.39 is 0 Å². The second-order valence-corrected chi connectivity index (χ2v) is 5.72. The van der Waals surface area contributed by atoms with Crippen LogP contribution in [-0.2, 0) is 4.79 Å². The van der Waals surface area contributed by atoms with Crippen LogP contribution >= 0.6 is 11.6 Å². The largest absolute Gasteiger partial charge is 0.281 e. The molecule has 2 fully saturated rings. The number of rotatable bonds is 2. The summed E-state index contributed by atoms with van der Waals surface area (Å²) in [5, 5.41) is -0.112. The standard InChI is InChI=1S/C13H19ClO/c1-9(2)8-10-11(12(14)15)13(10)6-4-3-5-7-13/h8,10-11H,3-7H2,1-2H3. The molecule has 0 heterocycles. The molecule has 2 aliphatic rings. The zero-order chi connectivity index (χ0) is 11.1. The fourth-order valence-corrected chi connectivity index (χ4v) is 3.72. The molecule has 0 radical (unpaired) electrons. The van der Waals surface area contributed by atoms with E-state index >= 15 is 0 Å². The summed E-state index contributed by atoms with van der Waals surface area (Å²) < 4.78 is 0. The summed E-state index contributed by atoms with van der Waals surface area (Å²) in [5.41, 5.74) is 1.57. The Hall–Kier alpha value is -0.300. The molecule has 2 saturated carbocycles. The van der Waals surface area contributed by atoms with Crippen LogP contribution in [0.15, 0.2) is 11.6 Å². The van der Waals surface area contributed by atoms with Gasteiger partial charge in [-0.15, -0.1) is 0 Å². The predicted molar refractivity (Wildman–Crippen MR) is 62.8 cm³/mol. The van der Waals surface area contributed by atoms with E-state index in [0.29, 0.717) is 5.92 Å². The van der Waals surface area contributed by atoms with Crippen molar-refractivity contribution in [2.75, 3.05) is 0 Å². The normalized spacial score (nSPS) is 32.5. The van der Waals surface area contributed by atoms with Crippen LogP contribution in [0, 0.1) is 17.3 Å². The van der Waals surface area contributed by atoms with Gasteiger partial charge in [-0.2, -0.15) is 0 Å². The van der Waals surface area contributed by atoms with Crippen LogP contribution in [0.1, 0.15) is 46.0 Å². The fraction of sp³-hybridized carbons (Fsp3) is 0.769. The summed E-state index contributed by atoms with van der Waals surface area (Å²) >= 11 is 5.71. The highest BCUT2D eigenvalue weighted by atomic mass is 35.5. The van der Waals surface area contributed by atoms with E-state index in [1.165, 1.54) is 37.7 Å². The summed E-state index contributed by atoms with van der Waals surface area (Å²) in [6.07, 6.45) is 8.53. The molecule has 0 aromatic rings. The third-order valence-electron chi connectivity index (χ3n) is 4.08. The lowest BCUT2D eigenvalue weighted by Crippen LogP contribution is -2.12. The van der Waals surface area contributed by atoms with E-state index in [4.69, 9.17) is 11.6 Å². The summed E-state index contributed by atoms with van der Waals surface area (Å²) in [6, 6.07) is 0. The molecule has 2 unspecified atom stereocenters. The Kier molecular flexibility index (Phi) is 2.94. The van der Waals surface area contributed by atoms with Crippen molar-refractivity contribution in [2.24, 2.45) is 17.3 Å². The van der Waals surface area contributed by atoms with Crippen molar-refractivity contribution in [2.45, 2.75) is 46.0 Å². The van der Waals surface area contributed by atoms with Gasteiger partial charge in [0.05, 0.1) is 0 Å². The van der Waals surface area contributed by atoms with Crippen molar-refractivity contribution < 1.29 is 4.79 Å². The lowest BCUT2D eigenvalue weighted by atomic mass is 9.83. The van der Waals surface area contributed by atoms with Crippen molar-refractivity contribution in [3.05, 3.63) is 11.6 Å². The first-order chi connectivity index (χ1) is 7.08. The van der Waals surface area contributed by atoms with Crippen molar-refractivity contribution in [1.29, 1.82) is 0 Å². The molecule has 2 aliphatic carbocycles. The SMILES string of the molecule is CC(C)=CC1C(C(=O)Cl)C12CCCCC2. The minimum atomic E-state index is -0.112. The maximum absolute atomic E-state index is 11.4. The molecule has 2 atom stereocenters. The maximum atomic E-state index is 11.4. The number of halogens is 1. The van der Waals surface area contributed by atoms with E-state index in [1.807, 2.05) is 0 Å². The quantitative estimate of drug-likeness (QED) is 0.515. The lowest BCUT2D eigenvalue weighted by Gasteiger charge is -2.22. The minimum Gasteiger partial charge on any atom is -0.281 e. The molecule has 0 aliphatic heterocycles. The van der Waals surface area contributed by atoms with E-state index in [0.717, 1.165) is 0 Å². The molecular weight excluding hydrogens is 208 g/mol. The first-order valence-electron chi connectivity index (χ1n) is 5.92. The van der Waals surface area contributed by atoms with Crippen LogP contribution in [0.3, 0.4) is 0 Å². The van der Waals surface area contributed by atoms with Crippen molar-refractivity contribution in [3.63, 3.8) is 0 Å². The second-order valence-electron chi connectivity index (χ2n) is 5.35. The third-order valence-corrected chi connectivity index (χ3v) is 4.31. The van der Waals surface area contributed by atoms with Crippen LogP contribution < -0.4 is 0 Å². The Balaban J connectivity index is 2.17. The molecule has 15 heavy (non-hydrogen) atoms. The maximum Gasteiger partial charge on any atom is 0.225 e. The molecule has 0 N–H and O–H groups in total. The van der Waals surface area contributed by atoms with Gasteiger partial charge in [-0.05, 0) is 49.6 Å². The average Bonchev–Trinajstić information content (AvgIpc) is 2.72. The smallest absolute Gasteiger partial charge is 0.225 e. The molecule has 0 bridgehead atoms. The molecule has 1 spiro atoms. The lowest BCUT2D eigenvalue weighted by molar-refractivity contribution is -0.113. The van der Waals surface area contributed by atoms with Crippen molar-refractivity contribution in [3.8, 4) is 0 Å². The van der Waals surface area contributed by atoms with Gasteiger partial charge in [0.25, 0.3) is 0 Å². The van der Waals surface area contributed by atoms with Gasteiger partial charge in [-0.1, -0.05) is 30.9 Å². The van der Waals surface area contributed by atoms with E-state index in [1.54, 1.807) is 0 Å². The molecule has 84 valence electrons. The predicted octanol–water partition coefficient (Wildman–Crippen LogP) is 3.91. The topological polar surface area (TPSA) is 17.1 Å². The zero-order valence-corrected chi connectivity index (χ0v) is 10.3. The number of carbonyl (C=O) groups excluding carboxylic acids is 1. The third kappa shape index (κ3) is 1.87. The summed E-state index contributed by atoms with van der Waals surface area (Å²) in [5.74, 6) is 0.558. The summed E-state index contributed by atoms with van der Waals surface area (Å²) in [4.78, 5) is 11.4. The first kappa shape index (κ1) is 11.2. The molecule has 0 saturated heterocycles. The number of carbonyl (C=O) groups is 1. The first-order valence-corrected chi connectivity index (χ1v) is 6.30. The Morgan fingerprint density at radius 3 is 2.33 bits per heavy atom. The molecule has 2 rings (SSSR count). The van der Waals surface area contributed by atoms with E-state index in [2.05, 4.69) is 19.9 Å². The van der Waals surface area contributed by atoms with Gasteiger partial charge in [0.1, 0.15) is 0 Å². The number of hydrogen-bond acceptors (Lipinski definition) is 1. The van der Waals surface area contributed by atoms with Gasteiger partial charge in [0.15, 0.2) is 0 Å². The van der Waals surface area contributed by atoms with Gasteiger partial charge in [-0.3, -0.25) is 4.79 Å². The highest BCUT2D eigenvalue weighted by molar-refractivity contribution is 6.64. The minimum absolute atomic E-state index is 0.112. The van der Waals surface area contributed by atoms with E-state index in [-0.39, 0.29) is 16.6 Å². The van der Waals surface area contributed by atoms with Gasteiger partial charge in [-0.25, -0.2) is 0 Å². The number of hydrogen-bond donors (Lipinski definition) is 0. The number of allylic oxidation sites excluding steroid dienone is 2. The van der Waals surface area contributed by atoms with Crippen LogP contribution in [0.5, 0.6) is 0 Å². The van der Waals surface area contributed by atoms with Crippen LogP contribution in [0.4, 0.5) is 0 Å². The molecule has 0 amide bonds. The Morgan fingerprint density at radius 1 is 1.27 bits per heavy atom. The van der Waals surface area contributed by atoms with Crippen molar-refractivity contribution >= 4 is 16.8 Å². The van der Waals surface area contributed by atoms with E-state index in [9.17, 15) is 4.79 Å². The van der Waals surface area contributed by atoms with Gasteiger partial charge in [0.2, 0.25) is 5.24 Å². The second kappa shape index (κ2) is 3.93. The highest BCUT2D eigenvalue weighted by Gasteiger charge is 2.65. The van der Waals surface area contributed by atoms with Gasteiger partial charge in [0, 0.05) is 5.92 Å². The summed E-state index contributed by atoms with van der Waals surface area (Å²) in [6.45, 7) is 4.20. The molecule has 1 nitrogen and oxygen atoms in total. The molecule has 2 heteroatoms. The average molecular weight is 227 g/mol. The van der Waals surface area contributed by atoms with Gasteiger partial charge >= 0.3 is 0 Å². The Bertz CT molecular complexity index is 296. The van der Waals surface area contributed by atoms with Crippen LogP contribution in [-0.4, -0.2) is 5.24 Å². The van der Waals surface area contributed by atoms with Gasteiger partial charge < -0.3 is 0 Å². The van der Waals surface area contributed by atoms with Crippen molar-refractivity contribution in [1.82, 2.24) is 0 Å². The zero-order valence-electron chi connectivity index (χ0n) is 9.55. The Morgan fingerprint density at radius 2 is 1.87 bits per heavy atom. The molecule has 0 aromatic heterocycles. The highest BCUT2D eigenvalue weighted by Crippen LogP contribution is 2.67. The Labute approximate surface area is 96.9 Å². The van der Waals surface area contributed by atoms with Crippen LogP contribution in [0.25, 0.3) is 0 Å².